The van der Waals surface area contributed by atoms with Gasteiger partial charge in [0, 0.05) is 41.5 Å². The summed E-state index contributed by atoms with van der Waals surface area (Å²) < 4.78 is 2.85. The molecule has 3 aromatic rings. The fourth-order valence-corrected chi connectivity index (χ4v) is 2.65. The van der Waals surface area contributed by atoms with E-state index in [1.54, 1.807) is 0 Å². The number of anilines is 1. The lowest BCUT2D eigenvalue weighted by Gasteiger charge is -2.13. The summed E-state index contributed by atoms with van der Waals surface area (Å²) in [5.74, 6) is 0.835. The summed E-state index contributed by atoms with van der Waals surface area (Å²) >= 11 is 3.54. The van der Waals surface area contributed by atoms with Crippen LogP contribution in [0, 0.1) is 6.92 Å². The van der Waals surface area contributed by atoms with Crippen LogP contribution in [0.3, 0.4) is 0 Å². The van der Waals surface area contributed by atoms with Crippen LogP contribution in [0.4, 0.5) is 5.69 Å². The Morgan fingerprint density at radius 2 is 2.00 bits per heavy atom. The average Bonchev–Trinajstić information content (AvgIpc) is 2.81. The maximum atomic E-state index is 4.63. The number of benzene rings is 1. The van der Waals surface area contributed by atoms with Crippen molar-refractivity contribution >= 4 is 32.5 Å². The Morgan fingerprint density at radius 1 is 1.20 bits per heavy atom. The quantitative estimate of drug-likeness (QED) is 0.720. The van der Waals surface area contributed by atoms with Gasteiger partial charge in [-0.15, -0.1) is 0 Å². The van der Waals surface area contributed by atoms with Gasteiger partial charge in [-0.3, -0.25) is 0 Å². The molecule has 0 N–H and O–H groups in total. The van der Waals surface area contributed by atoms with Crippen molar-refractivity contribution in [3.05, 3.63) is 46.7 Å². The summed E-state index contributed by atoms with van der Waals surface area (Å²) in [5, 5.41) is 5.74. The van der Waals surface area contributed by atoms with E-state index in [9.17, 15) is 0 Å². The van der Waals surface area contributed by atoms with Gasteiger partial charge in [-0.1, -0.05) is 22.0 Å². The summed E-state index contributed by atoms with van der Waals surface area (Å²) in [6.45, 7) is 1.98. The Kier molecular flexibility index (Phi) is 3.22. The van der Waals surface area contributed by atoms with Crippen molar-refractivity contribution < 1.29 is 0 Å². The molecule has 20 heavy (non-hydrogen) atoms. The topological polar surface area (TPSA) is 34.0 Å². The molecule has 0 bridgehead atoms. The van der Waals surface area contributed by atoms with Crippen molar-refractivity contribution in [1.82, 2.24) is 14.8 Å². The SMILES string of the molecule is Cc1cccc(-n2cc3c(N(C)C)cc(Br)cc3n2)n1. The fourth-order valence-electron chi connectivity index (χ4n) is 2.22. The van der Waals surface area contributed by atoms with Crippen molar-refractivity contribution in [2.24, 2.45) is 0 Å². The summed E-state index contributed by atoms with van der Waals surface area (Å²) in [6.07, 6.45) is 2.03. The molecule has 0 aliphatic heterocycles. The first kappa shape index (κ1) is 13.1. The number of aromatic nitrogens is 3. The Labute approximate surface area is 126 Å². The van der Waals surface area contributed by atoms with Crippen molar-refractivity contribution in [3.8, 4) is 5.82 Å². The minimum absolute atomic E-state index is 0.835. The van der Waals surface area contributed by atoms with Crippen molar-refractivity contribution in [2.45, 2.75) is 6.92 Å². The third kappa shape index (κ3) is 2.29. The highest BCUT2D eigenvalue weighted by Gasteiger charge is 2.10. The van der Waals surface area contributed by atoms with Crippen LogP contribution in [0.25, 0.3) is 16.7 Å². The molecule has 0 atom stereocenters. The number of aryl methyl sites for hydroxylation is 1. The molecule has 4 nitrogen and oxygen atoms in total. The van der Waals surface area contributed by atoms with Gasteiger partial charge in [0.2, 0.25) is 0 Å². The maximum absolute atomic E-state index is 4.63. The lowest BCUT2D eigenvalue weighted by Crippen LogP contribution is -2.08. The highest BCUT2D eigenvalue weighted by molar-refractivity contribution is 9.10. The van der Waals surface area contributed by atoms with E-state index >= 15 is 0 Å². The zero-order valence-electron chi connectivity index (χ0n) is 11.6. The molecule has 3 rings (SSSR count). The summed E-state index contributed by atoms with van der Waals surface area (Å²) in [5.41, 5.74) is 3.07. The van der Waals surface area contributed by atoms with Crippen LogP contribution < -0.4 is 4.90 Å². The molecule has 0 spiro atoms. The predicted molar refractivity (Wildman–Crippen MR) is 85.6 cm³/mol. The first-order valence-corrected chi connectivity index (χ1v) is 7.14. The Hall–Kier alpha value is -1.88. The van der Waals surface area contributed by atoms with Crippen molar-refractivity contribution in [3.63, 3.8) is 0 Å². The second-order valence-electron chi connectivity index (χ2n) is 4.96. The largest absolute Gasteiger partial charge is 0.377 e. The zero-order valence-corrected chi connectivity index (χ0v) is 13.2. The van der Waals surface area contributed by atoms with Crippen LogP contribution in [-0.2, 0) is 0 Å². The van der Waals surface area contributed by atoms with E-state index in [1.807, 2.05) is 56.2 Å². The molecule has 0 saturated carbocycles. The van der Waals surface area contributed by atoms with Crippen LogP contribution in [-0.4, -0.2) is 28.9 Å². The first-order chi connectivity index (χ1) is 9.54. The number of fused-ring (bicyclic) bond motifs is 1. The molecule has 1 aromatic carbocycles. The van der Waals surface area contributed by atoms with Crippen LogP contribution in [0.1, 0.15) is 5.69 Å². The highest BCUT2D eigenvalue weighted by Crippen LogP contribution is 2.29. The first-order valence-electron chi connectivity index (χ1n) is 6.35. The zero-order chi connectivity index (χ0) is 14.3. The lowest BCUT2D eigenvalue weighted by molar-refractivity contribution is 0.853. The fraction of sp³-hybridized carbons (Fsp3) is 0.200. The normalized spacial score (nSPS) is 11.0. The van der Waals surface area contributed by atoms with Gasteiger partial charge in [0.15, 0.2) is 5.82 Å². The third-order valence-corrected chi connectivity index (χ3v) is 3.62. The number of hydrogen-bond donors (Lipinski definition) is 0. The Morgan fingerprint density at radius 3 is 2.70 bits per heavy atom. The molecule has 0 radical (unpaired) electrons. The van der Waals surface area contributed by atoms with Gasteiger partial charge < -0.3 is 4.90 Å². The second-order valence-corrected chi connectivity index (χ2v) is 5.88. The molecule has 2 heterocycles. The van der Waals surface area contributed by atoms with Crippen LogP contribution in [0.15, 0.2) is 41.0 Å². The van der Waals surface area contributed by atoms with E-state index in [2.05, 4.69) is 37.0 Å². The molecule has 0 unspecified atom stereocenters. The number of rotatable bonds is 2. The molecule has 5 heteroatoms. The number of nitrogens with zero attached hydrogens (tertiary/aromatic N) is 4. The minimum Gasteiger partial charge on any atom is -0.377 e. The van der Waals surface area contributed by atoms with Gasteiger partial charge in [-0.25, -0.2) is 9.67 Å². The van der Waals surface area contributed by atoms with Gasteiger partial charge in [0.25, 0.3) is 0 Å². The Bertz CT molecular complexity index is 777. The van der Waals surface area contributed by atoms with Crippen molar-refractivity contribution in [2.75, 3.05) is 19.0 Å². The average molecular weight is 331 g/mol. The van der Waals surface area contributed by atoms with E-state index in [1.165, 1.54) is 0 Å². The smallest absolute Gasteiger partial charge is 0.153 e. The molecular formula is C15H15BrN4. The number of pyridine rings is 1. The van der Waals surface area contributed by atoms with Gasteiger partial charge in [0.1, 0.15) is 0 Å². The Balaban J connectivity index is 2.22. The molecule has 0 amide bonds. The molecular weight excluding hydrogens is 316 g/mol. The number of halogens is 1. The molecule has 0 aliphatic carbocycles. The summed E-state index contributed by atoms with van der Waals surface area (Å²) in [6, 6.07) is 10.1. The van der Waals surface area contributed by atoms with Gasteiger partial charge in [-0.2, -0.15) is 5.10 Å². The van der Waals surface area contributed by atoms with Crippen LogP contribution in [0.5, 0.6) is 0 Å². The maximum Gasteiger partial charge on any atom is 0.153 e. The van der Waals surface area contributed by atoms with E-state index < -0.39 is 0 Å². The summed E-state index contributed by atoms with van der Waals surface area (Å²) in [7, 11) is 4.06. The highest BCUT2D eigenvalue weighted by atomic mass is 79.9. The molecule has 0 fully saturated rings. The van der Waals surface area contributed by atoms with E-state index in [0.717, 1.165) is 32.6 Å². The minimum atomic E-state index is 0.835. The monoisotopic (exact) mass is 330 g/mol. The molecule has 102 valence electrons. The van der Waals surface area contributed by atoms with E-state index in [0.29, 0.717) is 0 Å². The van der Waals surface area contributed by atoms with Gasteiger partial charge in [-0.05, 0) is 31.2 Å². The number of hydrogen-bond acceptors (Lipinski definition) is 3. The third-order valence-electron chi connectivity index (χ3n) is 3.16. The van der Waals surface area contributed by atoms with Gasteiger partial charge in [0.05, 0.1) is 5.52 Å². The standard InChI is InChI=1S/C15H15BrN4/c1-10-5-4-6-15(17-10)20-9-12-13(18-20)7-11(16)8-14(12)19(2)3/h4-9H,1-3H3. The molecule has 0 aliphatic rings. The van der Waals surface area contributed by atoms with Crippen LogP contribution >= 0.6 is 15.9 Å². The second kappa shape index (κ2) is 4.90. The summed E-state index contributed by atoms with van der Waals surface area (Å²) in [4.78, 5) is 6.60. The van der Waals surface area contributed by atoms with Crippen LogP contribution in [0.2, 0.25) is 0 Å². The van der Waals surface area contributed by atoms with E-state index in [-0.39, 0.29) is 0 Å². The lowest BCUT2D eigenvalue weighted by atomic mass is 10.2. The van der Waals surface area contributed by atoms with Gasteiger partial charge >= 0.3 is 0 Å². The molecule has 2 aromatic heterocycles. The van der Waals surface area contributed by atoms with E-state index in [4.69, 9.17) is 0 Å². The van der Waals surface area contributed by atoms with Crippen molar-refractivity contribution in [1.29, 1.82) is 0 Å². The molecule has 0 saturated heterocycles. The predicted octanol–water partition coefficient (Wildman–Crippen LogP) is 3.56.